The van der Waals surface area contributed by atoms with Crippen molar-refractivity contribution in [1.29, 1.82) is 0 Å². The molecule has 0 saturated carbocycles. The fourth-order valence-corrected chi connectivity index (χ4v) is 2.21. The second kappa shape index (κ2) is 7.46. The van der Waals surface area contributed by atoms with E-state index in [2.05, 4.69) is 10.3 Å². The number of nitrogens with zero attached hydrogens (tertiary/aromatic N) is 1. The van der Waals surface area contributed by atoms with Gasteiger partial charge in [-0.3, -0.25) is 9.78 Å². The largest absolute Gasteiger partial charge is 0.484 e. The number of benzene rings is 1. The van der Waals surface area contributed by atoms with Crippen LogP contribution < -0.4 is 10.1 Å². The molecule has 2 heterocycles. The van der Waals surface area contributed by atoms with Crippen LogP contribution in [-0.2, 0) is 11.3 Å². The van der Waals surface area contributed by atoms with Gasteiger partial charge >= 0.3 is 0 Å². The number of carbonyl (C=O) groups excluding carboxylic acids is 1. The highest BCUT2D eigenvalue weighted by Gasteiger charge is 2.06. The summed E-state index contributed by atoms with van der Waals surface area (Å²) in [7, 11) is 0. The van der Waals surface area contributed by atoms with Gasteiger partial charge in [-0.2, -0.15) is 0 Å². The molecule has 122 valence electrons. The Morgan fingerprint density at radius 2 is 2.04 bits per heavy atom. The van der Waals surface area contributed by atoms with Crippen LogP contribution in [0.25, 0.3) is 11.5 Å². The van der Waals surface area contributed by atoms with Crippen LogP contribution >= 0.6 is 0 Å². The number of furan rings is 1. The van der Waals surface area contributed by atoms with Crippen molar-refractivity contribution >= 4 is 5.91 Å². The first kappa shape index (κ1) is 15.8. The summed E-state index contributed by atoms with van der Waals surface area (Å²) < 4.78 is 10.8. The number of hydrogen-bond acceptors (Lipinski definition) is 4. The summed E-state index contributed by atoms with van der Waals surface area (Å²) in [5.74, 6) is 1.27. The molecular formula is C19H18N2O3. The molecule has 5 heteroatoms. The normalized spacial score (nSPS) is 10.4. The monoisotopic (exact) mass is 322 g/mol. The number of amides is 1. The second-order valence-electron chi connectivity index (χ2n) is 5.36. The molecule has 3 aromatic rings. The molecule has 0 spiro atoms. The van der Waals surface area contributed by atoms with E-state index in [9.17, 15) is 4.79 Å². The molecule has 0 saturated heterocycles. The lowest BCUT2D eigenvalue weighted by Crippen LogP contribution is -2.28. The number of pyridine rings is 1. The Labute approximate surface area is 140 Å². The summed E-state index contributed by atoms with van der Waals surface area (Å²) >= 11 is 0. The molecule has 2 aromatic heterocycles. The Balaban J connectivity index is 1.48. The molecule has 0 aliphatic carbocycles. The number of hydrogen-bond donors (Lipinski definition) is 1. The highest BCUT2D eigenvalue weighted by atomic mass is 16.5. The van der Waals surface area contributed by atoms with Crippen LogP contribution in [0.3, 0.4) is 0 Å². The predicted molar refractivity (Wildman–Crippen MR) is 90.5 cm³/mol. The number of aryl methyl sites for hydroxylation is 1. The predicted octanol–water partition coefficient (Wildman–Crippen LogP) is 3.35. The van der Waals surface area contributed by atoms with Crippen LogP contribution in [0, 0.1) is 6.92 Å². The van der Waals surface area contributed by atoms with E-state index in [1.807, 2.05) is 55.5 Å². The molecule has 0 fully saturated rings. The summed E-state index contributed by atoms with van der Waals surface area (Å²) in [5.41, 5.74) is 2.68. The molecule has 0 aliphatic heterocycles. The average Bonchev–Trinajstić information content (AvgIpc) is 3.14. The Kier molecular flexibility index (Phi) is 4.91. The van der Waals surface area contributed by atoms with Gasteiger partial charge in [0.1, 0.15) is 11.4 Å². The van der Waals surface area contributed by atoms with Crippen LogP contribution in [0.15, 0.2) is 65.4 Å². The van der Waals surface area contributed by atoms with Gasteiger partial charge in [-0.1, -0.05) is 24.3 Å². The topological polar surface area (TPSA) is 64.4 Å². The molecule has 5 nitrogen and oxygen atoms in total. The summed E-state index contributed by atoms with van der Waals surface area (Å²) in [6.45, 7) is 2.34. The van der Waals surface area contributed by atoms with Gasteiger partial charge in [0, 0.05) is 12.7 Å². The van der Waals surface area contributed by atoms with Crippen LogP contribution in [0.5, 0.6) is 5.75 Å². The maximum Gasteiger partial charge on any atom is 0.258 e. The number of ether oxygens (including phenoxy) is 1. The lowest BCUT2D eigenvalue weighted by molar-refractivity contribution is -0.123. The SMILES string of the molecule is Cc1ccccc1OCC(=O)NCc1ccc(-c2ccco2)nc1. The van der Waals surface area contributed by atoms with Crippen molar-refractivity contribution < 1.29 is 13.9 Å². The standard InChI is InChI=1S/C19H18N2O3/c1-14-5-2-3-6-17(14)24-13-19(22)21-12-15-8-9-16(20-11-15)18-7-4-10-23-18/h2-11H,12-13H2,1H3,(H,21,22). The van der Waals surface area contributed by atoms with Crippen molar-refractivity contribution in [2.24, 2.45) is 0 Å². The van der Waals surface area contributed by atoms with Crippen LogP contribution in [-0.4, -0.2) is 17.5 Å². The van der Waals surface area contributed by atoms with Crippen molar-refractivity contribution in [2.75, 3.05) is 6.61 Å². The smallest absolute Gasteiger partial charge is 0.258 e. The van der Waals surface area contributed by atoms with Crippen LogP contribution in [0.4, 0.5) is 0 Å². The van der Waals surface area contributed by atoms with Crippen molar-refractivity contribution in [3.8, 4) is 17.2 Å². The zero-order chi connectivity index (χ0) is 16.8. The molecule has 3 rings (SSSR count). The first-order valence-electron chi connectivity index (χ1n) is 7.66. The Hall–Kier alpha value is -3.08. The van der Waals surface area contributed by atoms with Crippen LogP contribution in [0.1, 0.15) is 11.1 Å². The number of rotatable bonds is 6. The molecular weight excluding hydrogens is 304 g/mol. The van der Waals surface area contributed by atoms with Gasteiger partial charge in [0.15, 0.2) is 12.4 Å². The molecule has 0 unspecified atom stereocenters. The van der Waals surface area contributed by atoms with E-state index >= 15 is 0 Å². The van der Waals surface area contributed by atoms with E-state index < -0.39 is 0 Å². The Morgan fingerprint density at radius 1 is 1.17 bits per heavy atom. The number of aromatic nitrogens is 1. The maximum atomic E-state index is 11.9. The third-order valence-corrected chi connectivity index (χ3v) is 3.54. The lowest BCUT2D eigenvalue weighted by atomic mass is 10.2. The first-order valence-corrected chi connectivity index (χ1v) is 7.66. The molecule has 1 aromatic carbocycles. The van der Waals surface area contributed by atoms with Gasteiger partial charge in [0.25, 0.3) is 5.91 Å². The number of nitrogens with one attached hydrogen (secondary N) is 1. The Bertz CT molecular complexity index is 796. The van der Waals surface area contributed by atoms with E-state index in [0.717, 1.165) is 28.3 Å². The van der Waals surface area contributed by atoms with Gasteiger partial charge in [-0.05, 0) is 42.3 Å². The minimum atomic E-state index is -0.173. The van der Waals surface area contributed by atoms with Crippen molar-refractivity contribution in [1.82, 2.24) is 10.3 Å². The van der Waals surface area contributed by atoms with Gasteiger partial charge in [0.2, 0.25) is 0 Å². The van der Waals surface area contributed by atoms with Crippen molar-refractivity contribution in [3.05, 3.63) is 72.1 Å². The van der Waals surface area contributed by atoms with Gasteiger partial charge in [-0.25, -0.2) is 0 Å². The Morgan fingerprint density at radius 3 is 2.75 bits per heavy atom. The fraction of sp³-hybridized carbons (Fsp3) is 0.158. The van der Waals surface area contributed by atoms with E-state index in [1.54, 1.807) is 12.5 Å². The molecule has 0 aliphatic rings. The zero-order valence-corrected chi connectivity index (χ0v) is 13.4. The minimum Gasteiger partial charge on any atom is -0.484 e. The lowest BCUT2D eigenvalue weighted by Gasteiger charge is -2.09. The van der Waals surface area contributed by atoms with Gasteiger partial charge in [0.05, 0.1) is 6.26 Å². The number of para-hydroxylation sites is 1. The fourth-order valence-electron chi connectivity index (χ4n) is 2.21. The molecule has 0 bridgehead atoms. The van der Waals surface area contributed by atoms with Gasteiger partial charge < -0.3 is 14.5 Å². The minimum absolute atomic E-state index is 0.0111. The zero-order valence-electron chi connectivity index (χ0n) is 13.4. The second-order valence-corrected chi connectivity index (χ2v) is 5.36. The number of carbonyl (C=O) groups is 1. The summed E-state index contributed by atoms with van der Waals surface area (Å²) in [6.07, 6.45) is 3.33. The third-order valence-electron chi connectivity index (χ3n) is 3.54. The summed E-state index contributed by atoms with van der Waals surface area (Å²) in [4.78, 5) is 16.2. The highest BCUT2D eigenvalue weighted by molar-refractivity contribution is 5.77. The van der Waals surface area contributed by atoms with E-state index in [0.29, 0.717) is 6.54 Å². The summed E-state index contributed by atoms with van der Waals surface area (Å²) in [6, 6.07) is 15.1. The van der Waals surface area contributed by atoms with Crippen LogP contribution in [0.2, 0.25) is 0 Å². The van der Waals surface area contributed by atoms with Crippen molar-refractivity contribution in [3.63, 3.8) is 0 Å². The molecule has 1 N–H and O–H groups in total. The third kappa shape index (κ3) is 4.01. The summed E-state index contributed by atoms with van der Waals surface area (Å²) in [5, 5.41) is 2.82. The van der Waals surface area contributed by atoms with E-state index in [1.165, 1.54) is 0 Å². The molecule has 0 radical (unpaired) electrons. The average molecular weight is 322 g/mol. The molecule has 1 amide bonds. The van der Waals surface area contributed by atoms with Crippen molar-refractivity contribution in [2.45, 2.75) is 13.5 Å². The molecule has 0 atom stereocenters. The van der Waals surface area contributed by atoms with E-state index in [4.69, 9.17) is 9.15 Å². The maximum absolute atomic E-state index is 11.9. The van der Waals surface area contributed by atoms with Gasteiger partial charge in [-0.15, -0.1) is 0 Å². The highest BCUT2D eigenvalue weighted by Crippen LogP contribution is 2.17. The van der Waals surface area contributed by atoms with E-state index in [-0.39, 0.29) is 12.5 Å². The molecule has 24 heavy (non-hydrogen) atoms. The first-order chi connectivity index (χ1) is 11.7. The quantitative estimate of drug-likeness (QED) is 0.756.